The van der Waals surface area contributed by atoms with E-state index in [1.165, 1.54) is 5.69 Å². The largest absolute Gasteiger partial charge is 0.398 e. The van der Waals surface area contributed by atoms with E-state index in [9.17, 15) is 0 Å². The topological polar surface area (TPSA) is 51.4 Å². The van der Waals surface area contributed by atoms with Gasteiger partial charge in [-0.05, 0) is 25.1 Å². The maximum absolute atomic E-state index is 5.98. The molecular weight excluding hydrogens is 226 g/mol. The first-order valence-corrected chi connectivity index (χ1v) is 6.14. The number of nitrogens with two attached hydrogens (primary N) is 1. The van der Waals surface area contributed by atoms with Gasteiger partial charge in [0.1, 0.15) is 0 Å². The molecular formula is C14H19N3O. The number of hydrogen-bond donors (Lipinski definition) is 1. The third kappa shape index (κ3) is 2.38. The van der Waals surface area contributed by atoms with Gasteiger partial charge in [-0.3, -0.25) is 4.98 Å². The third-order valence-corrected chi connectivity index (χ3v) is 3.12. The highest BCUT2D eigenvalue weighted by Gasteiger charge is 2.09. The van der Waals surface area contributed by atoms with Gasteiger partial charge < -0.3 is 15.4 Å². The number of benzene rings is 1. The van der Waals surface area contributed by atoms with Crippen LogP contribution in [-0.4, -0.2) is 31.8 Å². The van der Waals surface area contributed by atoms with Crippen molar-refractivity contribution in [1.29, 1.82) is 0 Å². The fourth-order valence-electron chi connectivity index (χ4n) is 2.12. The zero-order valence-electron chi connectivity index (χ0n) is 10.9. The van der Waals surface area contributed by atoms with E-state index < -0.39 is 0 Å². The number of fused-ring (bicyclic) bond motifs is 1. The zero-order chi connectivity index (χ0) is 13.0. The van der Waals surface area contributed by atoms with Gasteiger partial charge in [0.2, 0.25) is 0 Å². The summed E-state index contributed by atoms with van der Waals surface area (Å²) in [6, 6.07) is 6.02. The average molecular weight is 245 g/mol. The minimum atomic E-state index is 0.713. The highest BCUT2D eigenvalue weighted by molar-refractivity contribution is 6.00. The van der Waals surface area contributed by atoms with Crippen molar-refractivity contribution >= 4 is 22.1 Å². The van der Waals surface area contributed by atoms with Gasteiger partial charge in [-0.2, -0.15) is 0 Å². The summed E-state index contributed by atoms with van der Waals surface area (Å²) in [5.41, 5.74) is 7.93. The molecule has 0 bridgehead atoms. The molecule has 1 aromatic heterocycles. The smallest absolute Gasteiger partial charge is 0.0637 e. The summed E-state index contributed by atoms with van der Waals surface area (Å²) in [4.78, 5) is 6.42. The minimum absolute atomic E-state index is 0.713. The molecule has 96 valence electrons. The number of likely N-dealkylation sites (N-methyl/N-ethyl adjacent to an activating group) is 1. The Labute approximate surface area is 107 Å². The molecule has 0 aliphatic rings. The van der Waals surface area contributed by atoms with E-state index in [1.807, 2.05) is 18.3 Å². The Morgan fingerprint density at radius 3 is 2.83 bits per heavy atom. The summed E-state index contributed by atoms with van der Waals surface area (Å²) in [6.07, 6.45) is 3.62. The monoisotopic (exact) mass is 245 g/mol. The van der Waals surface area contributed by atoms with E-state index in [1.54, 1.807) is 13.3 Å². The third-order valence-electron chi connectivity index (χ3n) is 3.12. The summed E-state index contributed by atoms with van der Waals surface area (Å²) >= 11 is 0. The van der Waals surface area contributed by atoms with Crippen LogP contribution in [0.2, 0.25) is 0 Å². The van der Waals surface area contributed by atoms with Crippen molar-refractivity contribution in [3.63, 3.8) is 0 Å². The lowest BCUT2D eigenvalue weighted by Gasteiger charge is -2.24. The summed E-state index contributed by atoms with van der Waals surface area (Å²) in [5, 5.41) is 2.15. The average Bonchev–Trinajstić information content (AvgIpc) is 2.42. The second-order valence-electron chi connectivity index (χ2n) is 4.17. The lowest BCUT2D eigenvalue weighted by Crippen LogP contribution is -2.27. The van der Waals surface area contributed by atoms with Crippen LogP contribution >= 0.6 is 0 Å². The summed E-state index contributed by atoms with van der Waals surface area (Å²) in [6.45, 7) is 4.66. The number of aromatic nitrogens is 1. The fraction of sp³-hybridized carbons (Fsp3) is 0.357. The standard InChI is InChI=1S/C14H19N3O/c1-3-17(8-9-18-2)14-5-4-13(15)12-10-16-7-6-11(12)14/h4-7,10H,3,8-9,15H2,1-2H3. The first-order valence-electron chi connectivity index (χ1n) is 6.14. The predicted octanol–water partition coefficient (Wildman–Crippen LogP) is 2.29. The quantitative estimate of drug-likeness (QED) is 0.821. The number of anilines is 2. The van der Waals surface area contributed by atoms with E-state index in [0.717, 1.165) is 29.5 Å². The number of nitrogen functional groups attached to an aromatic ring is 1. The van der Waals surface area contributed by atoms with Gasteiger partial charge in [0, 0.05) is 54.7 Å². The molecule has 0 aliphatic carbocycles. The van der Waals surface area contributed by atoms with Crippen molar-refractivity contribution < 1.29 is 4.74 Å². The van der Waals surface area contributed by atoms with Crippen LogP contribution in [-0.2, 0) is 4.74 Å². The molecule has 2 rings (SSSR count). The Bertz CT molecular complexity index is 527. The van der Waals surface area contributed by atoms with Gasteiger partial charge in [0.05, 0.1) is 6.61 Å². The second-order valence-corrected chi connectivity index (χ2v) is 4.17. The second kappa shape index (κ2) is 5.69. The molecule has 0 saturated heterocycles. The SMILES string of the molecule is CCN(CCOC)c1ccc(N)c2cnccc12. The van der Waals surface area contributed by atoms with Gasteiger partial charge in [0.25, 0.3) is 0 Å². The van der Waals surface area contributed by atoms with Crippen molar-refractivity contribution in [2.45, 2.75) is 6.92 Å². The Morgan fingerprint density at radius 1 is 1.28 bits per heavy atom. The van der Waals surface area contributed by atoms with Crippen LogP contribution in [0.3, 0.4) is 0 Å². The summed E-state index contributed by atoms with van der Waals surface area (Å²) in [7, 11) is 1.72. The number of ether oxygens (including phenoxy) is 1. The molecule has 0 fully saturated rings. The molecule has 18 heavy (non-hydrogen) atoms. The molecule has 0 unspecified atom stereocenters. The maximum Gasteiger partial charge on any atom is 0.0637 e. The van der Waals surface area contributed by atoms with Crippen LogP contribution < -0.4 is 10.6 Å². The molecule has 0 radical (unpaired) electrons. The van der Waals surface area contributed by atoms with Gasteiger partial charge in [0.15, 0.2) is 0 Å². The first-order chi connectivity index (χ1) is 8.77. The van der Waals surface area contributed by atoms with Gasteiger partial charge >= 0.3 is 0 Å². The molecule has 0 amide bonds. The summed E-state index contributed by atoms with van der Waals surface area (Å²) < 4.78 is 5.15. The van der Waals surface area contributed by atoms with Gasteiger partial charge in [-0.1, -0.05) is 0 Å². The molecule has 2 N–H and O–H groups in total. The maximum atomic E-state index is 5.98. The zero-order valence-corrected chi connectivity index (χ0v) is 10.9. The number of nitrogens with zero attached hydrogens (tertiary/aromatic N) is 2. The molecule has 2 aromatic rings. The van der Waals surface area contributed by atoms with E-state index in [0.29, 0.717) is 6.61 Å². The Kier molecular flexibility index (Phi) is 3.99. The van der Waals surface area contributed by atoms with Crippen molar-refractivity contribution in [1.82, 2.24) is 4.98 Å². The van der Waals surface area contributed by atoms with Crippen molar-refractivity contribution in [2.24, 2.45) is 0 Å². The Hall–Kier alpha value is -1.81. The molecule has 0 atom stereocenters. The van der Waals surface area contributed by atoms with Gasteiger partial charge in [-0.15, -0.1) is 0 Å². The minimum Gasteiger partial charge on any atom is -0.398 e. The van der Waals surface area contributed by atoms with Crippen LogP contribution in [0.5, 0.6) is 0 Å². The van der Waals surface area contributed by atoms with Crippen molar-refractivity contribution in [2.75, 3.05) is 37.4 Å². The number of methoxy groups -OCH3 is 1. The number of pyridine rings is 1. The molecule has 1 aromatic carbocycles. The van der Waals surface area contributed by atoms with Crippen LogP contribution in [0, 0.1) is 0 Å². The summed E-state index contributed by atoms with van der Waals surface area (Å²) in [5.74, 6) is 0. The highest BCUT2D eigenvalue weighted by Crippen LogP contribution is 2.30. The Balaban J connectivity index is 2.46. The highest BCUT2D eigenvalue weighted by atomic mass is 16.5. The normalized spacial score (nSPS) is 10.8. The molecule has 4 nitrogen and oxygen atoms in total. The molecule has 4 heteroatoms. The predicted molar refractivity (Wildman–Crippen MR) is 75.9 cm³/mol. The van der Waals surface area contributed by atoms with Crippen LogP contribution in [0.1, 0.15) is 6.92 Å². The van der Waals surface area contributed by atoms with E-state index >= 15 is 0 Å². The number of hydrogen-bond acceptors (Lipinski definition) is 4. The van der Waals surface area contributed by atoms with E-state index in [-0.39, 0.29) is 0 Å². The van der Waals surface area contributed by atoms with E-state index in [2.05, 4.69) is 22.9 Å². The lowest BCUT2D eigenvalue weighted by molar-refractivity contribution is 0.205. The van der Waals surface area contributed by atoms with Crippen LogP contribution in [0.25, 0.3) is 10.8 Å². The Morgan fingerprint density at radius 2 is 2.11 bits per heavy atom. The molecule has 0 spiro atoms. The first kappa shape index (κ1) is 12.6. The fourth-order valence-corrected chi connectivity index (χ4v) is 2.12. The lowest BCUT2D eigenvalue weighted by atomic mass is 10.1. The van der Waals surface area contributed by atoms with Crippen LogP contribution in [0.4, 0.5) is 11.4 Å². The number of rotatable bonds is 5. The van der Waals surface area contributed by atoms with E-state index in [4.69, 9.17) is 10.5 Å². The van der Waals surface area contributed by atoms with Crippen molar-refractivity contribution in [3.8, 4) is 0 Å². The van der Waals surface area contributed by atoms with Crippen molar-refractivity contribution in [3.05, 3.63) is 30.6 Å². The molecule has 0 saturated carbocycles. The van der Waals surface area contributed by atoms with Crippen LogP contribution in [0.15, 0.2) is 30.6 Å². The molecule has 0 aliphatic heterocycles. The van der Waals surface area contributed by atoms with Gasteiger partial charge in [-0.25, -0.2) is 0 Å². The molecule has 1 heterocycles.